The van der Waals surface area contributed by atoms with Gasteiger partial charge >= 0.3 is 6.03 Å². The Bertz CT molecular complexity index is 979. The molecule has 1 fully saturated rings. The van der Waals surface area contributed by atoms with Crippen LogP contribution in [0.5, 0.6) is 0 Å². The number of likely N-dealkylation sites (tertiary alicyclic amines) is 1. The van der Waals surface area contributed by atoms with E-state index in [9.17, 15) is 9.59 Å². The van der Waals surface area contributed by atoms with E-state index >= 15 is 0 Å². The van der Waals surface area contributed by atoms with Gasteiger partial charge in [-0.15, -0.1) is 0 Å². The van der Waals surface area contributed by atoms with E-state index in [0.717, 1.165) is 42.9 Å². The molecule has 1 aromatic heterocycles. The number of carbonyl (C=O) groups is 2. The molecule has 1 aliphatic rings. The van der Waals surface area contributed by atoms with E-state index in [1.165, 1.54) is 16.5 Å². The summed E-state index contributed by atoms with van der Waals surface area (Å²) >= 11 is 12.4. The van der Waals surface area contributed by atoms with E-state index in [-0.39, 0.29) is 17.4 Å². The fourth-order valence-electron chi connectivity index (χ4n) is 4.15. The molecule has 1 unspecified atom stereocenters. The van der Waals surface area contributed by atoms with E-state index in [1.807, 2.05) is 17.0 Å². The molecule has 174 valence electrons. The molecule has 0 bridgehead atoms. The quantitative estimate of drug-likeness (QED) is 0.573. The van der Waals surface area contributed by atoms with Crippen molar-refractivity contribution in [1.29, 1.82) is 0 Å². The summed E-state index contributed by atoms with van der Waals surface area (Å²) in [5.41, 5.74) is 1.70. The Balaban J connectivity index is 1.59. The fraction of sp³-hybridized carbons (Fsp3) is 0.522. The molecule has 32 heavy (non-hydrogen) atoms. The average molecular weight is 480 g/mol. The van der Waals surface area contributed by atoms with Crippen LogP contribution in [0.2, 0.25) is 10.0 Å². The topological polar surface area (TPSA) is 61.7 Å². The molecule has 2 aromatic rings. The molecule has 0 saturated carbocycles. The number of rotatable bonds is 7. The third-order valence-electron chi connectivity index (χ3n) is 6.56. The second kappa shape index (κ2) is 10.2. The molecule has 1 saturated heterocycles. The first kappa shape index (κ1) is 24.6. The molecular weight excluding hydrogens is 449 g/mol. The highest BCUT2D eigenvalue weighted by atomic mass is 35.5. The van der Waals surface area contributed by atoms with Crippen LogP contribution in [0.15, 0.2) is 30.6 Å². The Labute approximate surface area is 199 Å². The molecule has 0 aliphatic carbocycles. The van der Waals surface area contributed by atoms with Gasteiger partial charge < -0.3 is 14.7 Å². The smallest absolute Gasteiger partial charge is 0.322 e. The predicted molar refractivity (Wildman–Crippen MR) is 128 cm³/mol. The molecule has 1 aliphatic heterocycles. The maximum absolute atomic E-state index is 13.0. The summed E-state index contributed by atoms with van der Waals surface area (Å²) in [6.07, 6.45) is 6.10. The standard InChI is InChI=1S/C23H31Cl2N5O2/c1-5-23(8-10-27(3)14-18-12-19(24)6-7-21(18)25)9-11-29(16-23)22(32)30-15-20(13-26-30)28(4)17(2)31/h6-7,12-13,15H,5,8-11,14,16H2,1-4H3. The van der Waals surface area contributed by atoms with Gasteiger partial charge in [0.1, 0.15) is 0 Å². The van der Waals surface area contributed by atoms with E-state index in [2.05, 4.69) is 24.0 Å². The molecule has 3 rings (SSSR count). The van der Waals surface area contributed by atoms with Crippen molar-refractivity contribution in [2.24, 2.45) is 5.41 Å². The molecule has 1 atom stereocenters. The van der Waals surface area contributed by atoms with Gasteiger partial charge in [0.15, 0.2) is 0 Å². The van der Waals surface area contributed by atoms with Crippen molar-refractivity contribution in [1.82, 2.24) is 19.6 Å². The van der Waals surface area contributed by atoms with E-state index < -0.39 is 0 Å². The van der Waals surface area contributed by atoms with E-state index in [0.29, 0.717) is 23.8 Å². The molecular formula is C23H31Cl2N5O2. The summed E-state index contributed by atoms with van der Waals surface area (Å²) in [5, 5.41) is 5.58. The number of anilines is 1. The first-order valence-electron chi connectivity index (χ1n) is 10.8. The monoisotopic (exact) mass is 479 g/mol. The Morgan fingerprint density at radius 1 is 1.25 bits per heavy atom. The second-order valence-corrected chi connectivity index (χ2v) is 9.60. The van der Waals surface area contributed by atoms with Crippen molar-refractivity contribution in [2.75, 3.05) is 38.6 Å². The fourth-order valence-corrected chi connectivity index (χ4v) is 4.52. The van der Waals surface area contributed by atoms with Crippen LogP contribution in [0.1, 0.15) is 38.7 Å². The molecule has 7 nitrogen and oxygen atoms in total. The molecule has 0 radical (unpaired) electrons. The van der Waals surface area contributed by atoms with Crippen LogP contribution in [-0.2, 0) is 11.3 Å². The molecule has 0 N–H and O–H groups in total. The minimum Gasteiger partial charge on any atom is -0.322 e. The Morgan fingerprint density at radius 2 is 2.00 bits per heavy atom. The molecule has 1 aromatic carbocycles. The second-order valence-electron chi connectivity index (χ2n) is 8.75. The zero-order valence-corrected chi connectivity index (χ0v) is 20.7. The highest BCUT2D eigenvalue weighted by Crippen LogP contribution is 2.38. The van der Waals surface area contributed by atoms with Gasteiger partial charge in [0.25, 0.3) is 0 Å². The lowest BCUT2D eigenvalue weighted by atomic mass is 9.81. The zero-order valence-electron chi connectivity index (χ0n) is 19.1. The maximum Gasteiger partial charge on any atom is 0.344 e. The van der Waals surface area contributed by atoms with Crippen molar-refractivity contribution in [2.45, 2.75) is 39.7 Å². The van der Waals surface area contributed by atoms with Gasteiger partial charge in [-0.1, -0.05) is 30.1 Å². The maximum atomic E-state index is 13.0. The molecule has 0 spiro atoms. The van der Waals surface area contributed by atoms with Gasteiger partial charge in [0.05, 0.1) is 18.1 Å². The third kappa shape index (κ3) is 5.63. The zero-order chi connectivity index (χ0) is 23.5. The van der Waals surface area contributed by atoms with Crippen molar-refractivity contribution >= 4 is 40.8 Å². The number of hydrogen-bond donors (Lipinski definition) is 0. The minimum absolute atomic E-state index is 0.0776. The van der Waals surface area contributed by atoms with Gasteiger partial charge in [0.2, 0.25) is 5.91 Å². The number of benzene rings is 1. The SMILES string of the molecule is CCC1(CCN(C)Cc2cc(Cl)ccc2Cl)CCN(C(=O)n2cc(N(C)C(C)=O)cn2)C1. The molecule has 9 heteroatoms. The van der Waals surface area contributed by atoms with Crippen LogP contribution in [0.3, 0.4) is 0 Å². The van der Waals surface area contributed by atoms with Crippen molar-refractivity contribution in [3.63, 3.8) is 0 Å². The highest BCUT2D eigenvalue weighted by Gasteiger charge is 2.39. The third-order valence-corrected chi connectivity index (χ3v) is 7.16. The number of nitrogens with zero attached hydrogens (tertiary/aromatic N) is 5. The lowest BCUT2D eigenvalue weighted by molar-refractivity contribution is -0.116. The van der Waals surface area contributed by atoms with Crippen LogP contribution in [0, 0.1) is 5.41 Å². The minimum atomic E-state index is -0.150. The Hall–Kier alpha value is -2.09. The first-order chi connectivity index (χ1) is 15.1. The van der Waals surface area contributed by atoms with Crippen molar-refractivity contribution in [3.05, 3.63) is 46.2 Å². The van der Waals surface area contributed by atoms with E-state index in [1.54, 1.807) is 25.5 Å². The van der Waals surface area contributed by atoms with Crippen LogP contribution in [-0.4, -0.2) is 65.2 Å². The average Bonchev–Trinajstić information content (AvgIpc) is 3.42. The summed E-state index contributed by atoms with van der Waals surface area (Å²) in [7, 11) is 3.74. The van der Waals surface area contributed by atoms with Crippen LogP contribution in [0.25, 0.3) is 0 Å². The van der Waals surface area contributed by atoms with Crippen LogP contribution in [0.4, 0.5) is 10.5 Å². The Morgan fingerprint density at radius 3 is 2.69 bits per heavy atom. The number of hydrogen-bond acceptors (Lipinski definition) is 4. The normalized spacial score (nSPS) is 18.4. The number of carbonyl (C=O) groups excluding carboxylic acids is 2. The highest BCUT2D eigenvalue weighted by molar-refractivity contribution is 6.33. The Kier molecular flexibility index (Phi) is 7.85. The summed E-state index contributed by atoms with van der Waals surface area (Å²) in [6, 6.07) is 5.39. The summed E-state index contributed by atoms with van der Waals surface area (Å²) in [6.45, 7) is 6.69. The van der Waals surface area contributed by atoms with Crippen LogP contribution < -0.4 is 4.90 Å². The summed E-state index contributed by atoms with van der Waals surface area (Å²) < 4.78 is 1.33. The van der Waals surface area contributed by atoms with Crippen LogP contribution >= 0.6 is 23.2 Å². The van der Waals surface area contributed by atoms with Gasteiger partial charge in [0, 0.05) is 43.7 Å². The largest absolute Gasteiger partial charge is 0.344 e. The van der Waals surface area contributed by atoms with Crippen molar-refractivity contribution in [3.8, 4) is 0 Å². The lowest BCUT2D eigenvalue weighted by Gasteiger charge is -2.30. The predicted octanol–water partition coefficient (Wildman–Crippen LogP) is 4.76. The van der Waals surface area contributed by atoms with E-state index in [4.69, 9.17) is 23.2 Å². The number of amides is 2. The van der Waals surface area contributed by atoms with Gasteiger partial charge in [-0.05, 0) is 62.0 Å². The summed E-state index contributed by atoms with van der Waals surface area (Å²) in [4.78, 5) is 30.1. The summed E-state index contributed by atoms with van der Waals surface area (Å²) in [5.74, 6) is -0.105. The number of halogens is 2. The van der Waals surface area contributed by atoms with Gasteiger partial charge in [-0.3, -0.25) is 4.79 Å². The van der Waals surface area contributed by atoms with Crippen molar-refractivity contribution < 1.29 is 9.59 Å². The first-order valence-corrected chi connectivity index (χ1v) is 11.6. The number of aromatic nitrogens is 2. The van der Waals surface area contributed by atoms with Gasteiger partial charge in [-0.2, -0.15) is 9.78 Å². The lowest BCUT2D eigenvalue weighted by Crippen LogP contribution is -2.36. The molecule has 2 amide bonds. The van der Waals surface area contributed by atoms with Gasteiger partial charge in [-0.25, -0.2) is 4.79 Å². The molecule has 2 heterocycles.